The van der Waals surface area contributed by atoms with Crippen molar-refractivity contribution in [3.05, 3.63) is 48.2 Å². The van der Waals surface area contributed by atoms with Gasteiger partial charge in [0.1, 0.15) is 0 Å². The van der Waals surface area contributed by atoms with Gasteiger partial charge in [-0.25, -0.2) is 0 Å². The molecule has 0 bridgehead atoms. The van der Waals surface area contributed by atoms with E-state index in [-0.39, 0.29) is 6.04 Å². The average Bonchev–Trinajstić information content (AvgIpc) is 2.91. The van der Waals surface area contributed by atoms with E-state index >= 15 is 0 Å². The molecule has 2 heterocycles. The van der Waals surface area contributed by atoms with Crippen LogP contribution < -0.4 is 10.6 Å². The lowest BCUT2D eigenvalue weighted by Gasteiger charge is -2.18. The molecular weight excluding hydrogens is 226 g/mol. The number of hydrogen-bond acceptors (Lipinski definition) is 4. The molecule has 0 aliphatic heterocycles. The van der Waals surface area contributed by atoms with Gasteiger partial charge in [-0.3, -0.25) is 4.98 Å². The second-order valence-corrected chi connectivity index (χ2v) is 4.44. The van der Waals surface area contributed by atoms with Crippen molar-refractivity contribution in [1.29, 1.82) is 0 Å². The lowest BCUT2D eigenvalue weighted by atomic mass is 10.1. The zero-order valence-corrected chi connectivity index (χ0v) is 10.8. The maximum atomic E-state index is 5.94. The van der Waals surface area contributed by atoms with Gasteiger partial charge < -0.3 is 15.1 Å². The van der Waals surface area contributed by atoms with Crippen LogP contribution in [0.4, 0.5) is 5.69 Å². The molecule has 4 heteroatoms. The summed E-state index contributed by atoms with van der Waals surface area (Å²) in [6.07, 6.45) is 6.21. The highest BCUT2D eigenvalue weighted by molar-refractivity contribution is 5.44. The Hall–Kier alpha value is -1.81. The molecular formula is C14H19N3O. The minimum atomic E-state index is 0.0261. The summed E-state index contributed by atoms with van der Waals surface area (Å²) in [6.45, 7) is 2.86. The highest BCUT2D eigenvalue weighted by Gasteiger charge is 2.07. The zero-order valence-electron chi connectivity index (χ0n) is 10.8. The Labute approximate surface area is 107 Å². The second-order valence-electron chi connectivity index (χ2n) is 4.44. The summed E-state index contributed by atoms with van der Waals surface area (Å²) >= 11 is 0. The Morgan fingerprint density at radius 2 is 2.22 bits per heavy atom. The van der Waals surface area contributed by atoms with Crippen molar-refractivity contribution < 1.29 is 4.42 Å². The summed E-state index contributed by atoms with van der Waals surface area (Å²) in [5, 5.41) is 0. The Kier molecular flexibility index (Phi) is 3.99. The van der Waals surface area contributed by atoms with Crippen LogP contribution in [0.1, 0.15) is 30.6 Å². The van der Waals surface area contributed by atoms with Crippen molar-refractivity contribution in [2.24, 2.45) is 5.73 Å². The molecule has 0 aliphatic rings. The third-order valence-electron chi connectivity index (χ3n) is 3.03. The monoisotopic (exact) mass is 245 g/mol. The lowest BCUT2D eigenvalue weighted by molar-refractivity contribution is 0.563. The van der Waals surface area contributed by atoms with Gasteiger partial charge in [0.05, 0.1) is 30.1 Å². The molecule has 1 atom stereocenters. The Balaban J connectivity index is 2.04. The quantitative estimate of drug-likeness (QED) is 0.880. The molecule has 0 unspecified atom stereocenters. The van der Waals surface area contributed by atoms with E-state index in [1.165, 1.54) is 0 Å². The molecule has 0 amide bonds. The van der Waals surface area contributed by atoms with Crippen LogP contribution in [0.5, 0.6) is 0 Å². The van der Waals surface area contributed by atoms with Gasteiger partial charge in [0.2, 0.25) is 0 Å². The molecule has 2 aromatic heterocycles. The topological polar surface area (TPSA) is 55.3 Å². The van der Waals surface area contributed by atoms with Crippen molar-refractivity contribution in [3.63, 3.8) is 0 Å². The number of nitrogens with two attached hydrogens (primary N) is 1. The number of pyridine rings is 1. The zero-order chi connectivity index (χ0) is 13.0. The van der Waals surface area contributed by atoms with Gasteiger partial charge in [0.15, 0.2) is 0 Å². The van der Waals surface area contributed by atoms with E-state index in [2.05, 4.69) is 22.9 Å². The first-order valence-corrected chi connectivity index (χ1v) is 6.14. The van der Waals surface area contributed by atoms with Crippen molar-refractivity contribution in [2.45, 2.75) is 25.9 Å². The van der Waals surface area contributed by atoms with Crippen molar-refractivity contribution >= 4 is 5.69 Å². The molecule has 0 saturated heterocycles. The predicted octanol–water partition coefficient (Wildman–Crippen LogP) is 2.72. The fourth-order valence-electron chi connectivity index (χ4n) is 1.80. The number of hydrogen-bond donors (Lipinski definition) is 1. The molecule has 0 saturated carbocycles. The van der Waals surface area contributed by atoms with E-state index < -0.39 is 0 Å². The fourth-order valence-corrected chi connectivity index (χ4v) is 1.80. The van der Waals surface area contributed by atoms with Gasteiger partial charge in [-0.1, -0.05) is 6.92 Å². The van der Waals surface area contributed by atoms with E-state index in [1.54, 1.807) is 12.5 Å². The lowest BCUT2D eigenvalue weighted by Crippen LogP contribution is -2.17. The molecule has 0 aromatic carbocycles. The number of furan rings is 1. The van der Waals surface area contributed by atoms with Crippen LogP contribution >= 0.6 is 0 Å². The highest BCUT2D eigenvalue weighted by atomic mass is 16.3. The number of rotatable bonds is 5. The standard InChI is InChI=1S/C14H19N3O/c1-3-13(15)14-5-4-12(8-16-14)17(2)9-11-6-7-18-10-11/h4-8,10,13H,3,9,15H2,1-2H3/t13-/m1/s1. The molecule has 0 spiro atoms. The van der Waals surface area contributed by atoms with Gasteiger partial charge >= 0.3 is 0 Å². The van der Waals surface area contributed by atoms with Crippen LogP contribution in [-0.4, -0.2) is 12.0 Å². The van der Waals surface area contributed by atoms with Crippen LogP contribution in [0, 0.1) is 0 Å². The predicted molar refractivity (Wildman–Crippen MR) is 72.3 cm³/mol. The number of anilines is 1. The van der Waals surface area contributed by atoms with E-state index in [0.29, 0.717) is 0 Å². The second kappa shape index (κ2) is 5.69. The van der Waals surface area contributed by atoms with Crippen molar-refractivity contribution in [1.82, 2.24) is 4.98 Å². The minimum absolute atomic E-state index is 0.0261. The van der Waals surface area contributed by atoms with Gasteiger partial charge in [-0.2, -0.15) is 0 Å². The maximum Gasteiger partial charge on any atom is 0.0952 e. The van der Waals surface area contributed by atoms with Crippen LogP contribution in [0.15, 0.2) is 41.3 Å². The van der Waals surface area contributed by atoms with Crippen LogP contribution in [0.2, 0.25) is 0 Å². The molecule has 2 rings (SSSR count). The fraction of sp³-hybridized carbons (Fsp3) is 0.357. The van der Waals surface area contributed by atoms with Gasteiger partial charge in [0.25, 0.3) is 0 Å². The van der Waals surface area contributed by atoms with Gasteiger partial charge in [-0.05, 0) is 24.6 Å². The average molecular weight is 245 g/mol. The molecule has 0 aliphatic carbocycles. The highest BCUT2D eigenvalue weighted by Crippen LogP contribution is 2.17. The molecule has 18 heavy (non-hydrogen) atoms. The molecule has 2 aromatic rings. The smallest absolute Gasteiger partial charge is 0.0952 e. The summed E-state index contributed by atoms with van der Waals surface area (Å²) in [4.78, 5) is 6.53. The summed E-state index contributed by atoms with van der Waals surface area (Å²) in [7, 11) is 2.03. The Morgan fingerprint density at radius 3 is 2.78 bits per heavy atom. The van der Waals surface area contributed by atoms with E-state index in [1.807, 2.05) is 25.4 Å². The Morgan fingerprint density at radius 1 is 1.39 bits per heavy atom. The van der Waals surface area contributed by atoms with E-state index in [9.17, 15) is 0 Å². The summed E-state index contributed by atoms with van der Waals surface area (Å²) in [5.74, 6) is 0. The van der Waals surface area contributed by atoms with E-state index in [0.717, 1.165) is 29.9 Å². The summed E-state index contributed by atoms with van der Waals surface area (Å²) in [5.41, 5.74) is 9.10. The molecule has 4 nitrogen and oxygen atoms in total. The van der Waals surface area contributed by atoms with E-state index in [4.69, 9.17) is 10.2 Å². The summed E-state index contributed by atoms with van der Waals surface area (Å²) < 4.78 is 5.06. The Bertz CT molecular complexity index is 464. The molecule has 96 valence electrons. The summed E-state index contributed by atoms with van der Waals surface area (Å²) in [6, 6.07) is 6.04. The first kappa shape index (κ1) is 12.6. The first-order chi connectivity index (χ1) is 8.70. The third-order valence-corrected chi connectivity index (χ3v) is 3.03. The number of aromatic nitrogens is 1. The van der Waals surface area contributed by atoms with Gasteiger partial charge in [0, 0.05) is 25.2 Å². The van der Waals surface area contributed by atoms with Gasteiger partial charge in [-0.15, -0.1) is 0 Å². The minimum Gasteiger partial charge on any atom is -0.472 e. The normalized spacial score (nSPS) is 12.4. The molecule has 0 radical (unpaired) electrons. The SMILES string of the molecule is CC[C@@H](N)c1ccc(N(C)Cc2ccoc2)cn1. The maximum absolute atomic E-state index is 5.94. The third kappa shape index (κ3) is 2.90. The first-order valence-electron chi connectivity index (χ1n) is 6.14. The number of nitrogens with zero attached hydrogens (tertiary/aromatic N) is 2. The molecule has 0 fully saturated rings. The van der Waals surface area contributed by atoms with Crippen LogP contribution in [-0.2, 0) is 6.54 Å². The van der Waals surface area contributed by atoms with Crippen LogP contribution in [0.3, 0.4) is 0 Å². The largest absolute Gasteiger partial charge is 0.472 e. The van der Waals surface area contributed by atoms with Crippen molar-refractivity contribution in [3.8, 4) is 0 Å². The molecule has 2 N–H and O–H groups in total. The van der Waals surface area contributed by atoms with Crippen molar-refractivity contribution in [2.75, 3.05) is 11.9 Å². The van der Waals surface area contributed by atoms with Crippen LogP contribution in [0.25, 0.3) is 0 Å².